The second kappa shape index (κ2) is 5.79. The van der Waals surface area contributed by atoms with Gasteiger partial charge in [-0.15, -0.1) is 0 Å². The maximum absolute atomic E-state index is 5.60. The summed E-state index contributed by atoms with van der Waals surface area (Å²) < 4.78 is 27.3. The van der Waals surface area contributed by atoms with Crippen LogP contribution in [0.25, 0.3) is 21.8 Å². The van der Waals surface area contributed by atoms with Gasteiger partial charge in [0.2, 0.25) is 5.75 Å². The lowest BCUT2D eigenvalue weighted by molar-refractivity contribution is 0.327. The molecular formula is C17H19NO5. The van der Waals surface area contributed by atoms with Crippen molar-refractivity contribution in [2.45, 2.75) is 0 Å². The first-order chi connectivity index (χ1) is 11.2. The molecule has 1 N–H and O–H groups in total. The number of aromatic nitrogens is 1. The van der Waals surface area contributed by atoms with Crippen molar-refractivity contribution < 1.29 is 23.7 Å². The van der Waals surface area contributed by atoms with Crippen LogP contribution < -0.4 is 23.7 Å². The number of H-pyrrole nitrogens is 1. The molecule has 0 aliphatic heterocycles. The normalized spacial score (nSPS) is 10.8. The van der Waals surface area contributed by atoms with Gasteiger partial charge in [0.1, 0.15) is 11.5 Å². The van der Waals surface area contributed by atoms with Crippen molar-refractivity contribution in [1.29, 1.82) is 0 Å². The fraction of sp³-hybridized carbons (Fsp3) is 0.294. The number of benzene rings is 2. The third-order valence-corrected chi connectivity index (χ3v) is 3.89. The lowest BCUT2D eigenvalue weighted by atomic mass is 10.1. The average Bonchev–Trinajstić information content (AvgIpc) is 2.96. The minimum absolute atomic E-state index is 0.546. The maximum atomic E-state index is 5.60. The van der Waals surface area contributed by atoms with Crippen LogP contribution in [0.1, 0.15) is 0 Å². The highest BCUT2D eigenvalue weighted by Gasteiger charge is 2.21. The lowest BCUT2D eigenvalue weighted by Crippen LogP contribution is -1.95. The zero-order chi connectivity index (χ0) is 16.6. The number of aromatic amines is 1. The number of ether oxygens (including phenoxy) is 5. The van der Waals surface area contributed by atoms with E-state index in [1.165, 1.54) is 0 Å². The van der Waals surface area contributed by atoms with Crippen molar-refractivity contribution in [2.24, 2.45) is 0 Å². The van der Waals surface area contributed by atoms with Crippen molar-refractivity contribution >= 4 is 21.8 Å². The van der Waals surface area contributed by atoms with E-state index in [1.807, 2.05) is 18.2 Å². The summed E-state index contributed by atoms with van der Waals surface area (Å²) in [6.07, 6.45) is 0. The molecule has 0 bridgehead atoms. The van der Waals surface area contributed by atoms with Crippen LogP contribution in [-0.4, -0.2) is 40.5 Å². The van der Waals surface area contributed by atoms with Gasteiger partial charge in [-0.3, -0.25) is 0 Å². The van der Waals surface area contributed by atoms with Gasteiger partial charge in [-0.25, -0.2) is 0 Å². The number of hydrogen-bond acceptors (Lipinski definition) is 5. The van der Waals surface area contributed by atoms with Gasteiger partial charge >= 0.3 is 0 Å². The summed E-state index contributed by atoms with van der Waals surface area (Å²) >= 11 is 0. The fourth-order valence-corrected chi connectivity index (χ4v) is 2.85. The topological polar surface area (TPSA) is 61.9 Å². The average molecular weight is 317 g/mol. The van der Waals surface area contributed by atoms with Crippen LogP contribution >= 0.6 is 0 Å². The van der Waals surface area contributed by atoms with E-state index in [0.29, 0.717) is 28.7 Å². The van der Waals surface area contributed by atoms with E-state index in [4.69, 9.17) is 23.7 Å². The molecule has 0 aliphatic rings. The molecule has 0 atom stereocenters. The van der Waals surface area contributed by atoms with Gasteiger partial charge < -0.3 is 28.7 Å². The predicted molar refractivity (Wildman–Crippen MR) is 88.6 cm³/mol. The Morgan fingerprint density at radius 3 is 1.96 bits per heavy atom. The number of rotatable bonds is 5. The van der Waals surface area contributed by atoms with E-state index in [9.17, 15) is 0 Å². The Morgan fingerprint density at radius 1 is 0.696 bits per heavy atom. The predicted octanol–water partition coefficient (Wildman–Crippen LogP) is 3.36. The summed E-state index contributed by atoms with van der Waals surface area (Å²) in [6.45, 7) is 0. The van der Waals surface area contributed by atoms with E-state index < -0.39 is 0 Å². The first-order valence-electron chi connectivity index (χ1n) is 7.04. The summed E-state index contributed by atoms with van der Waals surface area (Å²) in [6, 6.07) is 5.65. The molecule has 0 unspecified atom stereocenters. The van der Waals surface area contributed by atoms with Crippen molar-refractivity contribution in [3.8, 4) is 28.7 Å². The Labute approximate surface area is 133 Å². The number of fused-ring (bicyclic) bond motifs is 3. The fourth-order valence-electron chi connectivity index (χ4n) is 2.85. The van der Waals surface area contributed by atoms with E-state index in [-0.39, 0.29) is 0 Å². The van der Waals surface area contributed by atoms with E-state index in [0.717, 1.165) is 21.8 Å². The molecule has 3 rings (SSSR count). The summed E-state index contributed by atoms with van der Waals surface area (Å²) in [5.74, 6) is 3.13. The zero-order valence-corrected chi connectivity index (χ0v) is 13.8. The summed E-state index contributed by atoms with van der Waals surface area (Å²) in [7, 11) is 8.03. The molecule has 23 heavy (non-hydrogen) atoms. The highest BCUT2D eigenvalue weighted by atomic mass is 16.5. The van der Waals surface area contributed by atoms with Gasteiger partial charge in [-0.05, 0) is 6.07 Å². The van der Waals surface area contributed by atoms with E-state index >= 15 is 0 Å². The van der Waals surface area contributed by atoms with Gasteiger partial charge in [0.05, 0.1) is 52.0 Å². The van der Waals surface area contributed by atoms with E-state index in [2.05, 4.69) is 4.98 Å². The summed E-state index contributed by atoms with van der Waals surface area (Å²) in [5.41, 5.74) is 1.72. The van der Waals surface area contributed by atoms with Gasteiger partial charge in [-0.2, -0.15) is 0 Å². The van der Waals surface area contributed by atoms with E-state index in [1.54, 1.807) is 35.5 Å². The number of nitrogens with one attached hydrogen (secondary N) is 1. The Kier molecular flexibility index (Phi) is 3.82. The van der Waals surface area contributed by atoms with Crippen molar-refractivity contribution in [3.63, 3.8) is 0 Å². The lowest BCUT2D eigenvalue weighted by Gasteiger charge is -2.13. The minimum atomic E-state index is 0.546. The standard InChI is InChI=1S/C17H19NO5/c1-19-9-6-10-14-11(18-15(10)12(7-9)20-2)8-13(21-3)16(22-4)17(14)23-5/h6-8,18H,1-5H3. The van der Waals surface area contributed by atoms with Crippen LogP contribution in [0.2, 0.25) is 0 Å². The third-order valence-electron chi connectivity index (χ3n) is 3.89. The molecule has 0 fully saturated rings. The van der Waals surface area contributed by atoms with Crippen LogP contribution in [0.4, 0.5) is 0 Å². The Morgan fingerprint density at radius 2 is 1.39 bits per heavy atom. The number of methoxy groups -OCH3 is 5. The minimum Gasteiger partial charge on any atom is -0.497 e. The van der Waals surface area contributed by atoms with Crippen molar-refractivity contribution in [3.05, 3.63) is 18.2 Å². The highest BCUT2D eigenvalue weighted by molar-refractivity contribution is 6.14. The van der Waals surface area contributed by atoms with Crippen LogP contribution in [-0.2, 0) is 0 Å². The van der Waals surface area contributed by atoms with Gasteiger partial charge in [0, 0.05) is 17.5 Å². The molecule has 1 heterocycles. The molecule has 0 amide bonds. The Balaban J connectivity index is 2.50. The van der Waals surface area contributed by atoms with Gasteiger partial charge in [0.15, 0.2) is 11.5 Å². The zero-order valence-electron chi connectivity index (χ0n) is 13.8. The second-order valence-electron chi connectivity index (χ2n) is 4.95. The quantitative estimate of drug-likeness (QED) is 0.782. The molecule has 0 saturated carbocycles. The molecule has 0 aliphatic carbocycles. The largest absolute Gasteiger partial charge is 0.497 e. The molecule has 6 heteroatoms. The first kappa shape index (κ1) is 15.1. The monoisotopic (exact) mass is 317 g/mol. The Bertz CT molecular complexity index is 869. The molecule has 0 spiro atoms. The molecule has 3 aromatic rings. The molecular weight excluding hydrogens is 298 g/mol. The first-order valence-corrected chi connectivity index (χ1v) is 7.04. The summed E-state index contributed by atoms with van der Waals surface area (Å²) in [5, 5.41) is 1.81. The molecule has 0 radical (unpaired) electrons. The molecule has 1 aromatic heterocycles. The van der Waals surface area contributed by atoms with Crippen molar-refractivity contribution in [1.82, 2.24) is 4.98 Å². The molecule has 122 valence electrons. The van der Waals surface area contributed by atoms with Gasteiger partial charge in [0.25, 0.3) is 0 Å². The smallest absolute Gasteiger partial charge is 0.204 e. The third kappa shape index (κ3) is 2.18. The molecule has 0 saturated heterocycles. The Hall–Kier alpha value is -2.76. The maximum Gasteiger partial charge on any atom is 0.204 e. The second-order valence-corrected chi connectivity index (χ2v) is 4.95. The van der Waals surface area contributed by atoms with Crippen LogP contribution in [0.5, 0.6) is 28.7 Å². The molecule has 2 aromatic carbocycles. The van der Waals surface area contributed by atoms with Crippen LogP contribution in [0, 0.1) is 0 Å². The number of hydrogen-bond donors (Lipinski definition) is 1. The molecule has 6 nitrogen and oxygen atoms in total. The van der Waals surface area contributed by atoms with Crippen LogP contribution in [0.3, 0.4) is 0 Å². The summed E-state index contributed by atoms with van der Waals surface area (Å²) in [4.78, 5) is 3.35. The SMILES string of the molecule is COc1cc(OC)c2[nH]c3cc(OC)c(OC)c(OC)c3c2c1. The van der Waals surface area contributed by atoms with Crippen LogP contribution in [0.15, 0.2) is 18.2 Å². The highest BCUT2D eigenvalue weighted by Crippen LogP contribution is 2.47. The van der Waals surface area contributed by atoms with Crippen molar-refractivity contribution in [2.75, 3.05) is 35.5 Å². The van der Waals surface area contributed by atoms with Gasteiger partial charge in [-0.1, -0.05) is 0 Å².